The lowest BCUT2D eigenvalue weighted by Gasteiger charge is -2.30. The molecule has 1 aromatic rings. The van der Waals surface area contributed by atoms with Gasteiger partial charge in [0, 0.05) is 22.5 Å². The van der Waals surface area contributed by atoms with Crippen LogP contribution in [0.2, 0.25) is 0 Å². The third kappa shape index (κ3) is 3.37. The second-order valence-electron chi connectivity index (χ2n) is 6.12. The molecule has 1 N–H and O–H groups in total. The minimum absolute atomic E-state index is 0.360. The molecule has 20 heavy (non-hydrogen) atoms. The topological polar surface area (TPSA) is 21.3 Å². The van der Waals surface area contributed by atoms with Crippen LogP contribution in [-0.2, 0) is 6.42 Å². The summed E-state index contributed by atoms with van der Waals surface area (Å²) in [6.07, 6.45) is 2.18. The molecule has 0 radical (unpaired) electrons. The molecule has 2 unspecified atom stereocenters. The Morgan fingerprint density at radius 1 is 1.30 bits per heavy atom. The molecule has 0 amide bonds. The fraction of sp³-hybridized carbons (Fsp3) is 0.647. The van der Waals surface area contributed by atoms with E-state index in [9.17, 15) is 0 Å². The van der Waals surface area contributed by atoms with Crippen LogP contribution in [0.4, 0.5) is 0 Å². The molecule has 0 aromatic heterocycles. The number of ether oxygens (including phenoxy) is 1. The van der Waals surface area contributed by atoms with Crippen molar-refractivity contribution < 1.29 is 4.74 Å². The monoisotopic (exact) mass is 339 g/mol. The van der Waals surface area contributed by atoms with Crippen molar-refractivity contribution >= 4 is 15.9 Å². The summed E-state index contributed by atoms with van der Waals surface area (Å²) in [5.74, 6) is 2.33. The number of fused-ring (bicyclic) bond motifs is 1. The lowest BCUT2D eigenvalue weighted by molar-refractivity contribution is 0.289. The summed E-state index contributed by atoms with van der Waals surface area (Å²) < 4.78 is 7.08. The molecule has 0 saturated heterocycles. The van der Waals surface area contributed by atoms with Crippen molar-refractivity contribution in [1.82, 2.24) is 5.32 Å². The molecular weight excluding hydrogens is 314 g/mol. The molecule has 112 valence electrons. The zero-order chi connectivity index (χ0) is 14.7. The molecule has 0 bridgehead atoms. The van der Waals surface area contributed by atoms with Gasteiger partial charge in [-0.15, -0.1) is 0 Å². The highest BCUT2D eigenvalue weighted by Gasteiger charge is 2.28. The van der Waals surface area contributed by atoms with Crippen molar-refractivity contribution in [1.29, 1.82) is 0 Å². The molecule has 3 heteroatoms. The Bertz CT molecular complexity index is 459. The molecule has 1 aliphatic heterocycles. The Kier molecular flexibility index (Phi) is 5.50. The fourth-order valence-corrected chi connectivity index (χ4v) is 3.32. The first-order valence-corrected chi connectivity index (χ1v) is 8.52. The van der Waals surface area contributed by atoms with Gasteiger partial charge in [0.2, 0.25) is 0 Å². The Labute approximate surface area is 131 Å². The van der Waals surface area contributed by atoms with Crippen molar-refractivity contribution in [3.63, 3.8) is 0 Å². The maximum absolute atomic E-state index is 5.91. The SMILES string of the molecule is CCCNC(c1cc(Br)cc2c1OCC2)C(C)C(C)C. The van der Waals surface area contributed by atoms with E-state index in [1.54, 1.807) is 0 Å². The van der Waals surface area contributed by atoms with Crippen LogP contribution in [0.15, 0.2) is 16.6 Å². The van der Waals surface area contributed by atoms with E-state index in [0.29, 0.717) is 17.9 Å². The fourth-order valence-electron chi connectivity index (χ4n) is 2.79. The van der Waals surface area contributed by atoms with Crippen LogP contribution in [-0.4, -0.2) is 13.2 Å². The summed E-state index contributed by atoms with van der Waals surface area (Å²) in [5.41, 5.74) is 2.66. The van der Waals surface area contributed by atoms with Gasteiger partial charge in [0.15, 0.2) is 0 Å². The van der Waals surface area contributed by atoms with Crippen LogP contribution in [0, 0.1) is 11.8 Å². The molecule has 1 heterocycles. The molecule has 0 fully saturated rings. The first-order chi connectivity index (χ1) is 9.54. The van der Waals surface area contributed by atoms with Crippen molar-refractivity contribution in [2.75, 3.05) is 13.2 Å². The summed E-state index contributed by atoms with van der Waals surface area (Å²) in [6, 6.07) is 4.79. The van der Waals surface area contributed by atoms with Gasteiger partial charge in [0.25, 0.3) is 0 Å². The number of halogens is 1. The van der Waals surface area contributed by atoms with E-state index in [2.05, 4.69) is 61.1 Å². The van der Waals surface area contributed by atoms with Crippen LogP contribution in [0.5, 0.6) is 5.75 Å². The summed E-state index contributed by atoms with van der Waals surface area (Å²) in [7, 11) is 0. The largest absolute Gasteiger partial charge is 0.493 e. The number of hydrogen-bond acceptors (Lipinski definition) is 2. The molecule has 0 aliphatic carbocycles. The normalized spacial score (nSPS) is 16.9. The van der Waals surface area contributed by atoms with E-state index in [0.717, 1.165) is 36.2 Å². The minimum atomic E-state index is 0.360. The average molecular weight is 340 g/mol. The average Bonchev–Trinajstić information content (AvgIpc) is 2.86. The highest BCUT2D eigenvalue weighted by Crippen LogP contribution is 2.40. The molecule has 0 saturated carbocycles. The second kappa shape index (κ2) is 6.95. The lowest BCUT2D eigenvalue weighted by Crippen LogP contribution is -2.30. The summed E-state index contributed by atoms with van der Waals surface area (Å²) in [4.78, 5) is 0. The third-order valence-corrected chi connectivity index (χ3v) is 4.76. The molecule has 2 rings (SSSR count). The van der Waals surface area contributed by atoms with Gasteiger partial charge in [0.05, 0.1) is 6.61 Å². The van der Waals surface area contributed by atoms with Crippen molar-refractivity contribution in [2.45, 2.75) is 46.6 Å². The van der Waals surface area contributed by atoms with E-state index in [-0.39, 0.29) is 0 Å². The minimum Gasteiger partial charge on any atom is -0.493 e. The highest BCUT2D eigenvalue weighted by molar-refractivity contribution is 9.10. The predicted octanol–water partition coefficient (Wildman–Crippen LogP) is 4.72. The van der Waals surface area contributed by atoms with Gasteiger partial charge in [-0.05, 0) is 42.5 Å². The van der Waals surface area contributed by atoms with Gasteiger partial charge in [-0.2, -0.15) is 0 Å². The van der Waals surface area contributed by atoms with Crippen LogP contribution in [0.25, 0.3) is 0 Å². The molecule has 2 nitrogen and oxygen atoms in total. The van der Waals surface area contributed by atoms with Crippen LogP contribution >= 0.6 is 15.9 Å². The standard InChI is InChI=1S/C17H26BrNO/c1-5-7-19-16(12(4)11(2)3)15-10-14(18)9-13-6-8-20-17(13)15/h9-12,16,19H,5-8H2,1-4H3. The Morgan fingerprint density at radius 2 is 2.05 bits per heavy atom. The maximum atomic E-state index is 5.91. The zero-order valence-electron chi connectivity index (χ0n) is 13.0. The summed E-state index contributed by atoms with van der Waals surface area (Å²) in [6.45, 7) is 11.0. The van der Waals surface area contributed by atoms with Crippen LogP contribution < -0.4 is 10.1 Å². The first kappa shape index (κ1) is 15.8. The maximum Gasteiger partial charge on any atom is 0.127 e. The van der Waals surface area contributed by atoms with Crippen LogP contribution in [0.1, 0.15) is 51.3 Å². The quantitative estimate of drug-likeness (QED) is 0.809. The molecule has 2 atom stereocenters. The smallest absolute Gasteiger partial charge is 0.127 e. The summed E-state index contributed by atoms with van der Waals surface area (Å²) in [5, 5.41) is 3.72. The van der Waals surface area contributed by atoms with E-state index < -0.39 is 0 Å². The number of benzene rings is 1. The third-order valence-electron chi connectivity index (χ3n) is 4.30. The van der Waals surface area contributed by atoms with E-state index in [4.69, 9.17) is 4.74 Å². The Hall–Kier alpha value is -0.540. The number of hydrogen-bond donors (Lipinski definition) is 1. The predicted molar refractivity (Wildman–Crippen MR) is 88.4 cm³/mol. The first-order valence-electron chi connectivity index (χ1n) is 7.73. The van der Waals surface area contributed by atoms with Gasteiger partial charge in [0.1, 0.15) is 5.75 Å². The Balaban J connectivity index is 2.37. The van der Waals surface area contributed by atoms with Gasteiger partial charge in [-0.25, -0.2) is 0 Å². The van der Waals surface area contributed by atoms with Gasteiger partial charge >= 0.3 is 0 Å². The van der Waals surface area contributed by atoms with Crippen LogP contribution in [0.3, 0.4) is 0 Å². The number of nitrogens with one attached hydrogen (secondary N) is 1. The zero-order valence-corrected chi connectivity index (χ0v) is 14.6. The van der Waals surface area contributed by atoms with E-state index >= 15 is 0 Å². The molecule has 1 aromatic carbocycles. The second-order valence-corrected chi connectivity index (χ2v) is 7.03. The van der Waals surface area contributed by atoms with Gasteiger partial charge < -0.3 is 10.1 Å². The molecule has 0 spiro atoms. The van der Waals surface area contributed by atoms with Gasteiger partial charge in [-0.1, -0.05) is 43.6 Å². The van der Waals surface area contributed by atoms with E-state index in [1.165, 1.54) is 11.1 Å². The van der Waals surface area contributed by atoms with Gasteiger partial charge in [-0.3, -0.25) is 0 Å². The Morgan fingerprint density at radius 3 is 2.70 bits per heavy atom. The summed E-state index contributed by atoms with van der Waals surface area (Å²) >= 11 is 3.66. The molecular formula is C17H26BrNO. The van der Waals surface area contributed by atoms with E-state index in [1.807, 2.05) is 0 Å². The van der Waals surface area contributed by atoms with Crippen molar-refractivity contribution in [3.05, 3.63) is 27.7 Å². The van der Waals surface area contributed by atoms with Crippen molar-refractivity contribution in [3.8, 4) is 5.75 Å². The number of rotatable bonds is 6. The highest BCUT2D eigenvalue weighted by atomic mass is 79.9. The molecule has 1 aliphatic rings. The van der Waals surface area contributed by atoms with Crippen molar-refractivity contribution in [2.24, 2.45) is 11.8 Å². The lowest BCUT2D eigenvalue weighted by atomic mass is 9.85.